The highest BCUT2D eigenvalue weighted by Gasteiger charge is 2.24. The standard InChI is InChI=1S/C25H26N4O3/c1-16(17-9-5-4-6-10-17)27-22(30)14-19-13-18-15-26-25(32-3)23(18)24(28-19)29-20-11-7-8-12-21(20)31-2/h4-13,16H,14-15H2,1-3H3,(H,27,30)(H,28,29)/t16-/m1/s1. The Hall–Kier alpha value is -3.87. The molecule has 32 heavy (non-hydrogen) atoms. The number of carbonyl (C=O) groups is 1. The zero-order valence-electron chi connectivity index (χ0n) is 18.4. The lowest BCUT2D eigenvalue weighted by molar-refractivity contribution is -0.121. The summed E-state index contributed by atoms with van der Waals surface area (Å²) in [5.74, 6) is 1.71. The topological polar surface area (TPSA) is 84.8 Å². The van der Waals surface area contributed by atoms with Crippen LogP contribution in [0.3, 0.4) is 0 Å². The number of pyridine rings is 1. The first-order chi connectivity index (χ1) is 15.6. The predicted octanol–water partition coefficient (Wildman–Crippen LogP) is 4.16. The molecule has 1 amide bonds. The Morgan fingerprint density at radius 3 is 2.56 bits per heavy atom. The number of para-hydroxylation sites is 2. The highest BCUT2D eigenvalue weighted by Crippen LogP contribution is 2.32. The minimum absolute atomic E-state index is 0.0901. The summed E-state index contributed by atoms with van der Waals surface area (Å²) < 4.78 is 10.9. The molecule has 0 saturated heterocycles. The van der Waals surface area contributed by atoms with Crippen LogP contribution in [-0.2, 0) is 22.5 Å². The molecule has 1 atom stereocenters. The molecule has 2 heterocycles. The van der Waals surface area contributed by atoms with Crippen LogP contribution < -0.4 is 15.4 Å². The Bertz CT molecular complexity index is 1150. The largest absolute Gasteiger partial charge is 0.495 e. The lowest BCUT2D eigenvalue weighted by atomic mass is 10.1. The summed E-state index contributed by atoms with van der Waals surface area (Å²) in [5.41, 5.74) is 4.26. The Labute approximate surface area is 187 Å². The highest BCUT2D eigenvalue weighted by molar-refractivity contribution is 6.03. The van der Waals surface area contributed by atoms with Crippen LogP contribution in [0.5, 0.6) is 5.75 Å². The van der Waals surface area contributed by atoms with Gasteiger partial charge in [0.25, 0.3) is 0 Å². The van der Waals surface area contributed by atoms with Gasteiger partial charge in [-0.15, -0.1) is 0 Å². The molecule has 0 aliphatic carbocycles. The second-order valence-corrected chi connectivity index (χ2v) is 7.52. The van der Waals surface area contributed by atoms with Crippen LogP contribution in [-0.4, -0.2) is 31.0 Å². The van der Waals surface area contributed by atoms with E-state index in [1.54, 1.807) is 14.2 Å². The first-order valence-electron chi connectivity index (χ1n) is 10.4. The molecule has 0 saturated carbocycles. The number of rotatable bonds is 7. The number of aliphatic imine (C=N–C) groups is 1. The van der Waals surface area contributed by atoms with E-state index in [9.17, 15) is 4.79 Å². The third-order valence-electron chi connectivity index (χ3n) is 5.33. The van der Waals surface area contributed by atoms with E-state index in [1.807, 2.05) is 67.6 Å². The number of ether oxygens (including phenoxy) is 2. The first kappa shape index (κ1) is 21.4. The SMILES string of the molecule is COC1=NCc2cc(CC(=O)N[C@H](C)c3ccccc3)nc(Nc3ccccc3OC)c21. The van der Waals surface area contributed by atoms with Gasteiger partial charge in [-0.1, -0.05) is 42.5 Å². The molecule has 1 aliphatic heterocycles. The zero-order chi connectivity index (χ0) is 22.5. The van der Waals surface area contributed by atoms with Crippen molar-refractivity contribution in [1.82, 2.24) is 10.3 Å². The predicted molar refractivity (Wildman–Crippen MR) is 124 cm³/mol. The quantitative estimate of drug-likeness (QED) is 0.588. The fourth-order valence-corrected chi connectivity index (χ4v) is 3.76. The number of hydrogen-bond donors (Lipinski definition) is 2. The van der Waals surface area contributed by atoms with E-state index < -0.39 is 0 Å². The maximum absolute atomic E-state index is 12.7. The maximum Gasteiger partial charge on any atom is 0.226 e. The molecule has 1 aromatic heterocycles. The van der Waals surface area contributed by atoms with E-state index in [-0.39, 0.29) is 18.4 Å². The summed E-state index contributed by atoms with van der Waals surface area (Å²) in [5, 5.41) is 6.39. The van der Waals surface area contributed by atoms with Crippen LogP contribution in [0.2, 0.25) is 0 Å². The second-order valence-electron chi connectivity index (χ2n) is 7.52. The van der Waals surface area contributed by atoms with Crippen LogP contribution in [0.25, 0.3) is 0 Å². The Kier molecular flexibility index (Phi) is 6.35. The van der Waals surface area contributed by atoms with E-state index in [0.717, 1.165) is 22.4 Å². The molecule has 0 fully saturated rings. The number of carbonyl (C=O) groups excluding carboxylic acids is 1. The fraction of sp³-hybridized carbons (Fsp3) is 0.240. The van der Waals surface area contributed by atoms with Crippen molar-refractivity contribution in [2.75, 3.05) is 19.5 Å². The van der Waals surface area contributed by atoms with E-state index in [2.05, 4.69) is 15.6 Å². The molecule has 4 rings (SSSR count). The minimum atomic E-state index is -0.0945. The monoisotopic (exact) mass is 430 g/mol. The van der Waals surface area contributed by atoms with E-state index >= 15 is 0 Å². The van der Waals surface area contributed by atoms with Crippen molar-refractivity contribution >= 4 is 23.3 Å². The summed E-state index contributed by atoms with van der Waals surface area (Å²) in [4.78, 5) is 21.9. The van der Waals surface area contributed by atoms with Crippen LogP contribution in [0.4, 0.5) is 11.5 Å². The van der Waals surface area contributed by atoms with Crippen molar-refractivity contribution in [3.8, 4) is 5.75 Å². The number of nitrogens with zero attached hydrogens (tertiary/aromatic N) is 2. The Balaban J connectivity index is 1.59. The van der Waals surface area contributed by atoms with Crippen molar-refractivity contribution < 1.29 is 14.3 Å². The van der Waals surface area contributed by atoms with Gasteiger partial charge in [-0.05, 0) is 36.2 Å². The van der Waals surface area contributed by atoms with Gasteiger partial charge in [0.2, 0.25) is 11.8 Å². The summed E-state index contributed by atoms with van der Waals surface area (Å²) in [7, 11) is 3.21. The Morgan fingerprint density at radius 1 is 1.06 bits per heavy atom. The molecule has 0 spiro atoms. The van der Waals surface area contributed by atoms with Gasteiger partial charge in [0, 0.05) is 0 Å². The molecule has 3 aromatic rings. The lowest BCUT2D eigenvalue weighted by Gasteiger charge is -2.17. The maximum atomic E-state index is 12.7. The highest BCUT2D eigenvalue weighted by atomic mass is 16.5. The van der Waals surface area contributed by atoms with Gasteiger partial charge in [-0.25, -0.2) is 9.98 Å². The lowest BCUT2D eigenvalue weighted by Crippen LogP contribution is -2.28. The molecule has 2 N–H and O–H groups in total. The van der Waals surface area contributed by atoms with Crippen molar-refractivity contribution in [3.63, 3.8) is 0 Å². The first-order valence-corrected chi connectivity index (χ1v) is 10.4. The van der Waals surface area contributed by atoms with Gasteiger partial charge < -0.3 is 20.1 Å². The van der Waals surface area contributed by atoms with Crippen molar-refractivity contribution in [2.45, 2.75) is 25.9 Å². The van der Waals surface area contributed by atoms with Crippen LogP contribution in [0.15, 0.2) is 65.7 Å². The zero-order valence-corrected chi connectivity index (χ0v) is 18.4. The number of benzene rings is 2. The molecule has 1 aliphatic rings. The van der Waals surface area contributed by atoms with Crippen molar-refractivity contribution in [1.29, 1.82) is 0 Å². The second kappa shape index (κ2) is 9.51. The number of hydrogen-bond acceptors (Lipinski definition) is 6. The third kappa shape index (κ3) is 4.56. The molecule has 164 valence electrons. The molecule has 0 bridgehead atoms. The van der Waals surface area contributed by atoms with E-state index in [0.29, 0.717) is 29.7 Å². The summed E-state index contributed by atoms with van der Waals surface area (Å²) >= 11 is 0. The van der Waals surface area contributed by atoms with Gasteiger partial charge in [0.1, 0.15) is 11.6 Å². The van der Waals surface area contributed by atoms with Gasteiger partial charge in [-0.3, -0.25) is 4.79 Å². The number of methoxy groups -OCH3 is 2. The number of anilines is 2. The molecule has 2 aromatic carbocycles. The summed E-state index contributed by atoms with van der Waals surface area (Å²) in [6.45, 7) is 2.45. The fourth-order valence-electron chi connectivity index (χ4n) is 3.76. The van der Waals surface area contributed by atoms with E-state index in [1.165, 1.54) is 0 Å². The normalized spacial score (nSPS) is 13.0. The number of aromatic nitrogens is 1. The average molecular weight is 431 g/mol. The molecule has 0 radical (unpaired) electrons. The number of amides is 1. The molecular formula is C25H26N4O3. The minimum Gasteiger partial charge on any atom is -0.495 e. The van der Waals surface area contributed by atoms with Gasteiger partial charge >= 0.3 is 0 Å². The van der Waals surface area contributed by atoms with E-state index in [4.69, 9.17) is 14.5 Å². The average Bonchev–Trinajstić information content (AvgIpc) is 3.23. The number of fused-ring (bicyclic) bond motifs is 1. The van der Waals surface area contributed by atoms with Crippen LogP contribution in [0, 0.1) is 0 Å². The molecule has 7 nitrogen and oxygen atoms in total. The van der Waals surface area contributed by atoms with Crippen molar-refractivity contribution in [3.05, 3.63) is 83.0 Å². The van der Waals surface area contributed by atoms with Crippen LogP contribution >= 0.6 is 0 Å². The smallest absolute Gasteiger partial charge is 0.226 e. The van der Waals surface area contributed by atoms with Gasteiger partial charge in [0.05, 0.1) is 50.2 Å². The van der Waals surface area contributed by atoms with Gasteiger partial charge in [-0.2, -0.15) is 0 Å². The third-order valence-corrected chi connectivity index (χ3v) is 5.33. The van der Waals surface area contributed by atoms with Crippen molar-refractivity contribution in [2.24, 2.45) is 4.99 Å². The summed E-state index contributed by atoms with van der Waals surface area (Å²) in [6, 6.07) is 19.3. The van der Waals surface area contributed by atoms with Gasteiger partial charge in [0.15, 0.2) is 0 Å². The molecule has 0 unspecified atom stereocenters. The Morgan fingerprint density at radius 2 is 1.81 bits per heavy atom. The summed E-state index contributed by atoms with van der Waals surface area (Å²) in [6.07, 6.45) is 0.160. The molecular weight excluding hydrogens is 404 g/mol. The number of nitrogens with one attached hydrogen (secondary N) is 2. The van der Waals surface area contributed by atoms with Crippen LogP contribution in [0.1, 0.15) is 35.3 Å². The molecule has 7 heteroatoms.